The molecule has 3 amide bonds. The van der Waals surface area contributed by atoms with Crippen LogP contribution in [-0.2, 0) is 25.7 Å². The SMILES string of the molecule is Cc1cccc(NC(=O)CN(CC2CCCO2)C(=O)C2CC(=O)N(Cc3ccccc3)C2)c1C. The molecule has 180 valence electrons. The molecule has 0 aromatic heterocycles. The molecule has 2 aromatic rings. The van der Waals surface area contributed by atoms with Gasteiger partial charge in [-0.25, -0.2) is 0 Å². The van der Waals surface area contributed by atoms with Gasteiger partial charge in [-0.1, -0.05) is 42.5 Å². The maximum atomic E-state index is 13.5. The third-order valence-corrected chi connectivity index (χ3v) is 6.75. The van der Waals surface area contributed by atoms with Gasteiger partial charge in [0, 0.05) is 38.3 Å². The van der Waals surface area contributed by atoms with Crippen LogP contribution in [0.25, 0.3) is 0 Å². The Morgan fingerprint density at radius 2 is 1.91 bits per heavy atom. The van der Waals surface area contributed by atoms with E-state index >= 15 is 0 Å². The fraction of sp³-hybridized carbons (Fsp3) is 0.444. The van der Waals surface area contributed by atoms with E-state index in [1.807, 2.05) is 62.4 Å². The molecule has 1 N–H and O–H groups in total. The molecular formula is C27H33N3O4. The smallest absolute Gasteiger partial charge is 0.244 e. The van der Waals surface area contributed by atoms with E-state index in [1.54, 1.807) is 9.80 Å². The van der Waals surface area contributed by atoms with E-state index in [1.165, 1.54) is 0 Å². The number of nitrogens with zero attached hydrogens (tertiary/aromatic N) is 2. The van der Waals surface area contributed by atoms with Crippen LogP contribution < -0.4 is 5.32 Å². The number of nitrogens with one attached hydrogen (secondary N) is 1. The van der Waals surface area contributed by atoms with Crippen LogP contribution in [-0.4, -0.2) is 59.9 Å². The van der Waals surface area contributed by atoms with Crippen LogP contribution in [0.1, 0.15) is 36.0 Å². The summed E-state index contributed by atoms with van der Waals surface area (Å²) in [5.74, 6) is -0.883. The lowest BCUT2D eigenvalue weighted by Crippen LogP contribution is -2.45. The van der Waals surface area contributed by atoms with E-state index in [4.69, 9.17) is 4.74 Å². The molecule has 2 unspecified atom stereocenters. The third-order valence-electron chi connectivity index (χ3n) is 6.75. The average molecular weight is 464 g/mol. The van der Waals surface area contributed by atoms with E-state index < -0.39 is 5.92 Å². The Morgan fingerprint density at radius 1 is 1.12 bits per heavy atom. The minimum absolute atomic E-state index is 0.0286. The summed E-state index contributed by atoms with van der Waals surface area (Å²) in [5.41, 5.74) is 3.88. The van der Waals surface area contributed by atoms with Crippen LogP contribution in [0.5, 0.6) is 0 Å². The molecule has 2 atom stereocenters. The van der Waals surface area contributed by atoms with Gasteiger partial charge >= 0.3 is 0 Å². The Hall–Kier alpha value is -3.19. The lowest BCUT2D eigenvalue weighted by Gasteiger charge is -2.27. The van der Waals surface area contributed by atoms with Crippen LogP contribution in [0.3, 0.4) is 0 Å². The van der Waals surface area contributed by atoms with Crippen LogP contribution in [0.2, 0.25) is 0 Å². The van der Waals surface area contributed by atoms with E-state index in [9.17, 15) is 14.4 Å². The summed E-state index contributed by atoms with van der Waals surface area (Å²) < 4.78 is 5.75. The second-order valence-corrected chi connectivity index (χ2v) is 9.31. The molecular weight excluding hydrogens is 430 g/mol. The first kappa shape index (κ1) is 24.0. The summed E-state index contributed by atoms with van der Waals surface area (Å²) in [7, 11) is 0. The summed E-state index contributed by atoms with van der Waals surface area (Å²) in [6, 6.07) is 15.5. The molecule has 4 rings (SSSR count). The van der Waals surface area contributed by atoms with Gasteiger partial charge in [0.2, 0.25) is 17.7 Å². The number of anilines is 1. The Kier molecular flexibility index (Phi) is 7.63. The first-order valence-corrected chi connectivity index (χ1v) is 12.0. The van der Waals surface area contributed by atoms with Gasteiger partial charge in [-0.2, -0.15) is 0 Å². The first-order valence-electron chi connectivity index (χ1n) is 12.0. The van der Waals surface area contributed by atoms with E-state index in [0.29, 0.717) is 26.2 Å². The van der Waals surface area contributed by atoms with E-state index in [2.05, 4.69) is 5.32 Å². The van der Waals surface area contributed by atoms with Crippen molar-refractivity contribution in [1.29, 1.82) is 0 Å². The number of aryl methyl sites for hydroxylation is 1. The van der Waals surface area contributed by atoms with Crippen LogP contribution in [0.4, 0.5) is 5.69 Å². The van der Waals surface area contributed by atoms with Gasteiger partial charge in [-0.3, -0.25) is 14.4 Å². The van der Waals surface area contributed by atoms with Crippen molar-refractivity contribution in [2.75, 3.05) is 31.6 Å². The first-order chi connectivity index (χ1) is 16.4. The number of likely N-dealkylation sites (tertiary alicyclic amines) is 1. The van der Waals surface area contributed by atoms with Gasteiger partial charge in [0.05, 0.1) is 18.6 Å². The Bertz CT molecular complexity index is 1030. The molecule has 2 aliphatic rings. The van der Waals surface area contributed by atoms with Crippen molar-refractivity contribution in [2.24, 2.45) is 5.92 Å². The molecule has 7 heteroatoms. The number of hydrogen-bond donors (Lipinski definition) is 1. The number of carbonyl (C=O) groups is 3. The predicted octanol–water partition coefficient (Wildman–Crippen LogP) is 3.30. The van der Waals surface area contributed by atoms with Crippen molar-refractivity contribution >= 4 is 23.4 Å². The molecule has 2 heterocycles. The highest BCUT2D eigenvalue weighted by molar-refractivity contribution is 5.96. The fourth-order valence-electron chi connectivity index (χ4n) is 4.67. The molecule has 2 aliphatic heterocycles. The zero-order valence-electron chi connectivity index (χ0n) is 20.0. The molecule has 0 bridgehead atoms. The molecule has 34 heavy (non-hydrogen) atoms. The minimum atomic E-state index is -0.453. The van der Waals surface area contributed by atoms with E-state index in [-0.39, 0.29) is 36.8 Å². The third kappa shape index (κ3) is 5.83. The van der Waals surface area contributed by atoms with Crippen molar-refractivity contribution in [3.8, 4) is 0 Å². The lowest BCUT2D eigenvalue weighted by molar-refractivity contribution is -0.139. The van der Waals surface area contributed by atoms with Gasteiger partial charge < -0.3 is 19.9 Å². The van der Waals surface area contributed by atoms with Gasteiger partial charge in [-0.05, 0) is 49.4 Å². The summed E-state index contributed by atoms with van der Waals surface area (Å²) in [6.07, 6.45) is 1.92. The molecule has 0 radical (unpaired) electrons. The standard InChI is InChI=1S/C27H33N3O4/c1-19-8-6-12-24(20(19)2)28-25(31)18-30(17-23-11-7-13-34-23)27(33)22-14-26(32)29(16-22)15-21-9-4-3-5-10-21/h3-6,8-10,12,22-23H,7,11,13-18H2,1-2H3,(H,28,31). The maximum absolute atomic E-state index is 13.5. The highest BCUT2D eigenvalue weighted by atomic mass is 16.5. The number of hydrogen-bond acceptors (Lipinski definition) is 4. The molecule has 2 fully saturated rings. The Labute approximate surface area is 201 Å². The molecule has 7 nitrogen and oxygen atoms in total. The highest BCUT2D eigenvalue weighted by Crippen LogP contribution is 2.24. The average Bonchev–Trinajstić information content (AvgIpc) is 3.46. The highest BCUT2D eigenvalue weighted by Gasteiger charge is 2.38. The zero-order chi connectivity index (χ0) is 24.1. The Morgan fingerprint density at radius 3 is 2.65 bits per heavy atom. The normalized spacial score (nSPS) is 19.9. The monoisotopic (exact) mass is 463 g/mol. The second kappa shape index (κ2) is 10.8. The number of amides is 3. The summed E-state index contributed by atoms with van der Waals surface area (Å²) in [5, 5.41) is 2.95. The van der Waals surface area contributed by atoms with Gasteiger partial charge in [-0.15, -0.1) is 0 Å². The summed E-state index contributed by atoms with van der Waals surface area (Å²) >= 11 is 0. The van der Waals surface area contributed by atoms with Crippen LogP contribution >= 0.6 is 0 Å². The van der Waals surface area contributed by atoms with Crippen molar-refractivity contribution in [3.05, 3.63) is 65.2 Å². The maximum Gasteiger partial charge on any atom is 0.244 e. The summed E-state index contributed by atoms with van der Waals surface area (Å²) in [6.45, 7) is 5.80. The number of carbonyl (C=O) groups excluding carboxylic acids is 3. The molecule has 2 saturated heterocycles. The number of benzene rings is 2. The predicted molar refractivity (Wildman–Crippen MR) is 130 cm³/mol. The molecule has 0 aliphatic carbocycles. The van der Waals surface area contributed by atoms with Gasteiger partial charge in [0.1, 0.15) is 0 Å². The van der Waals surface area contributed by atoms with Crippen molar-refractivity contribution in [3.63, 3.8) is 0 Å². The quantitative estimate of drug-likeness (QED) is 0.652. The molecule has 0 saturated carbocycles. The Balaban J connectivity index is 1.43. The van der Waals surface area contributed by atoms with Gasteiger partial charge in [0.15, 0.2) is 0 Å². The van der Waals surface area contributed by atoms with Crippen LogP contribution in [0, 0.1) is 19.8 Å². The van der Waals surface area contributed by atoms with Gasteiger partial charge in [0.25, 0.3) is 0 Å². The van der Waals surface area contributed by atoms with Crippen molar-refractivity contribution in [2.45, 2.75) is 45.8 Å². The second-order valence-electron chi connectivity index (χ2n) is 9.31. The molecule has 0 spiro atoms. The fourth-order valence-corrected chi connectivity index (χ4v) is 4.67. The lowest BCUT2D eigenvalue weighted by atomic mass is 10.1. The molecule has 2 aromatic carbocycles. The largest absolute Gasteiger partial charge is 0.376 e. The zero-order valence-corrected chi connectivity index (χ0v) is 20.0. The van der Waals surface area contributed by atoms with Crippen molar-refractivity contribution in [1.82, 2.24) is 9.80 Å². The van der Waals surface area contributed by atoms with Crippen molar-refractivity contribution < 1.29 is 19.1 Å². The van der Waals surface area contributed by atoms with E-state index in [0.717, 1.165) is 35.2 Å². The minimum Gasteiger partial charge on any atom is -0.376 e. The topological polar surface area (TPSA) is 79.0 Å². The number of ether oxygens (including phenoxy) is 1. The van der Waals surface area contributed by atoms with Crippen LogP contribution in [0.15, 0.2) is 48.5 Å². The summed E-state index contributed by atoms with van der Waals surface area (Å²) in [4.78, 5) is 42.4. The number of rotatable bonds is 8.